The van der Waals surface area contributed by atoms with E-state index in [1.54, 1.807) is 0 Å². The van der Waals surface area contributed by atoms with Crippen LogP contribution in [0.15, 0.2) is 24.3 Å². The average Bonchev–Trinajstić information content (AvgIpc) is 3.29. The minimum atomic E-state index is -4.62. The van der Waals surface area contributed by atoms with Crippen LogP contribution in [-0.4, -0.2) is 60.5 Å². The topological polar surface area (TPSA) is 155 Å². The normalized spacial score (nSPS) is 13.8. The Morgan fingerprint density at radius 3 is 1.25 bits per heavy atom. The summed E-state index contributed by atoms with van der Waals surface area (Å²) in [6.07, 6.45) is 58.1. The lowest BCUT2D eigenvalue weighted by Crippen LogP contribution is -2.34. The quantitative estimate of drug-likeness (QED) is 0.0232. The molecule has 0 aromatic rings. The van der Waals surface area contributed by atoms with Gasteiger partial charge in [-0.25, -0.2) is 4.57 Å². The van der Waals surface area contributed by atoms with Gasteiger partial charge in [0.05, 0.1) is 19.8 Å². The van der Waals surface area contributed by atoms with Gasteiger partial charge in [-0.05, 0) is 44.9 Å². The molecule has 0 amide bonds. The second-order valence-electron chi connectivity index (χ2n) is 18.7. The Kier molecular flexibility index (Phi) is 49.1. The Balaban J connectivity index is 4.08. The number of esters is 1. The molecule has 0 aliphatic heterocycles. The first-order chi connectivity index (χ1) is 31.7. The third-order valence-corrected chi connectivity index (χ3v) is 13.2. The Morgan fingerprint density at radius 2 is 0.846 bits per heavy atom. The first kappa shape index (κ1) is 63.5. The van der Waals surface area contributed by atoms with Gasteiger partial charge in [-0.1, -0.05) is 244 Å². The first-order valence-electron chi connectivity index (χ1n) is 27.4. The molecule has 0 aromatic carbocycles. The molecule has 65 heavy (non-hydrogen) atoms. The number of unbranched alkanes of at least 4 members (excludes halogenated alkanes) is 35. The summed E-state index contributed by atoms with van der Waals surface area (Å²) in [5.74, 6) is -1.77. The van der Waals surface area contributed by atoms with Crippen molar-refractivity contribution in [3.63, 3.8) is 0 Å². The predicted molar refractivity (Wildman–Crippen MR) is 272 cm³/mol. The lowest BCUT2D eigenvalue weighted by Gasteiger charge is -2.20. The SMILES string of the molecule is CCCCCCC/C=C\C/C=C\CCCCCCCCCCCCOCC(COP(=O)(O)OCC(N)C(=O)O)OC(=O)CCCCCCCCCCCCCCCCCCCCCCC. The number of hydrogen-bond acceptors (Lipinski definition) is 8. The van der Waals surface area contributed by atoms with Crippen molar-refractivity contribution in [2.45, 2.75) is 283 Å². The van der Waals surface area contributed by atoms with Crippen molar-refractivity contribution < 1.29 is 42.7 Å². The van der Waals surface area contributed by atoms with Crippen molar-refractivity contribution in [2.24, 2.45) is 5.73 Å². The van der Waals surface area contributed by atoms with Gasteiger partial charge in [0.25, 0.3) is 0 Å². The van der Waals surface area contributed by atoms with E-state index in [2.05, 4.69) is 38.2 Å². The molecule has 0 rings (SSSR count). The van der Waals surface area contributed by atoms with Crippen molar-refractivity contribution in [2.75, 3.05) is 26.4 Å². The van der Waals surface area contributed by atoms with Crippen LogP contribution in [0.5, 0.6) is 0 Å². The molecule has 0 aliphatic rings. The molecular formula is C54H104NO9P. The van der Waals surface area contributed by atoms with Gasteiger partial charge >= 0.3 is 19.8 Å². The molecule has 0 saturated heterocycles. The maximum atomic E-state index is 12.7. The van der Waals surface area contributed by atoms with E-state index in [1.165, 1.54) is 205 Å². The van der Waals surface area contributed by atoms with Crippen molar-refractivity contribution >= 4 is 19.8 Å². The number of aliphatic carboxylic acids is 1. The van der Waals surface area contributed by atoms with Crippen molar-refractivity contribution in [1.82, 2.24) is 0 Å². The molecule has 0 aliphatic carbocycles. The van der Waals surface area contributed by atoms with Gasteiger partial charge in [0.15, 0.2) is 0 Å². The molecule has 0 spiro atoms. The second-order valence-corrected chi connectivity index (χ2v) is 20.2. The molecule has 0 saturated carbocycles. The largest absolute Gasteiger partial charge is 0.480 e. The van der Waals surface area contributed by atoms with E-state index in [4.69, 9.17) is 29.4 Å². The summed E-state index contributed by atoms with van der Waals surface area (Å²) in [7, 11) is -4.62. The molecule has 11 heteroatoms. The van der Waals surface area contributed by atoms with Crippen molar-refractivity contribution in [3.8, 4) is 0 Å². The molecular weight excluding hydrogens is 838 g/mol. The highest BCUT2D eigenvalue weighted by molar-refractivity contribution is 7.47. The highest BCUT2D eigenvalue weighted by atomic mass is 31.2. The van der Waals surface area contributed by atoms with E-state index in [0.29, 0.717) is 6.61 Å². The number of phosphoric acid groups is 1. The van der Waals surface area contributed by atoms with Crippen molar-refractivity contribution in [1.29, 1.82) is 0 Å². The van der Waals surface area contributed by atoms with Gasteiger partial charge in [0.2, 0.25) is 0 Å². The molecule has 0 heterocycles. The van der Waals surface area contributed by atoms with E-state index in [9.17, 15) is 19.0 Å². The van der Waals surface area contributed by atoms with Crippen LogP contribution in [0.2, 0.25) is 0 Å². The van der Waals surface area contributed by atoms with Crippen LogP contribution < -0.4 is 5.73 Å². The van der Waals surface area contributed by atoms with Crippen LogP contribution in [0, 0.1) is 0 Å². The van der Waals surface area contributed by atoms with E-state index in [1.807, 2.05) is 0 Å². The Morgan fingerprint density at radius 1 is 0.492 bits per heavy atom. The maximum Gasteiger partial charge on any atom is 0.472 e. The summed E-state index contributed by atoms with van der Waals surface area (Å²) in [6, 6.07) is -1.47. The molecule has 0 aromatic heterocycles. The Hall–Kier alpha value is -1.55. The van der Waals surface area contributed by atoms with Crippen LogP contribution in [0.4, 0.5) is 0 Å². The highest BCUT2D eigenvalue weighted by Gasteiger charge is 2.27. The standard InChI is InChI=1S/C54H104NO9P/c1-3-5-7-9-11-13-15-17-19-21-23-25-27-29-31-33-35-37-39-41-43-45-47-61-48-51(49-62-65(59,60)63-50-52(55)54(57)58)64-53(56)46-44-42-40-38-36-34-32-30-28-26-24-22-20-18-16-14-12-10-8-6-4-2/h15,17,21,23,51-52H,3-14,16,18-20,22,24-50,55H2,1-2H3,(H,57,58)(H,59,60)/b17-15-,23-21-. The monoisotopic (exact) mass is 942 g/mol. The lowest BCUT2D eigenvalue weighted by molar-refractivity contribution is -0.154. The molecule has 0 radical (unpaired) electrons. The molecule has 3 unspecified atom stereocenters. The van der Waals surface area contributed by atoms with Crippen LogP contribution in [0.3, 0.4) is 0 Å². The number of ether oxygens (including phenoxy) is 2. The number of hydrogen-bond donors (Lipinski definition) is 3. The van der Waals surface area contributed by atoms with Gasteiger partial charge in [0, 0.05) is 13.0 Å². The zero-order chi connectivity index (χ0) is 47.6. The van der Waals surface area contributed by atoms with E-state index in [-0.39, 0.29) is 13.0 Å². The fourth-order valence-corrected chi connectivity index (χ4v) is 8.77. The van der Waals surface area contributed by atoms with E-state index in [0.717, 1.165) is 44.9 Å². The number of carbonyl (C=O) groups is 2. The summed E-state index contributed by atoms with van der Waals surface area (Å²) in [4.78, 5) is 33.7. The minimum absolute atomic E-state index is 0.0196. The van der Waals surface area contributed by atoms with Gasteiger partial charge in [-0.3, -0.25) is 18.6 Å². The number of allylic oxidation sites excluding steroid dienone is 4. The summed E-state index contributed by atoms with van der Waals surface area (Å²) in [5, 5.41) is 8.94. The van der Waals surface area contributed by atoms with Crippen LogP contribution in [0.25, 0.3) is 0 Å². The molecule has 3 atom stereocenters. The summed E-state index contributed by atoms with van der Waals surface area (Å²) in [6.45, 7) is 3.93. The van der Waals surface area contributed by atoms with Crippen LogP contribution >= 0.6 is 7.82 Å². The molecule has 0 bridgehead atoms. The number of carboxylic acid groups (broad SMARTS) is 1. The predicted octanol–water partition coefficient (Wildman–Crippen LogP) is 16.2. The van der Waals surface area contributed by atoms with Gasteiger partial charge in [0.1, 0.15) is 12.1 Å². The first-order valence-corrected chi connectivity index (χ1v) is 28.9. The molecule has 10 nitrogen and oxygen atoms in total. The summed E-state index contributed by atoms with van der Waals surface area (Å²) >= 11 is 0. The fourth-order valence-electron chi connectivity index (χ4n) is 7.99. The number of carboxylic acids is 1. The number of nitrogens with two attached hydrogens (primary N) is 1. The second kappa shape index (κ2) is 50.3. The number of rotatable bonds is 53. The zero-order valence-corrected chi connectivity index (χ0v) is 43.2. The molecule has 0 fully saturated rings. The van der Waals surface area contributed by atoms with Crippen LogP contribution in [0.1, 0.15) is 271 Å². The Bertz CT molecular complexity index is 1140. The third kappa shape index (κ3) is 50.2. The molecule has 384 valence electrons. The van der Waals surface area contributed by atoms with E-state index >= 15 is 0 Å². The third-order valence-electron chi connectivity index (χ3n) is 12.2. The molecule has 4 N–H and O–H groups in total. The van der Waals surface area contributed by atoms with Crippen molar-refractivity contribution in [3.05, 3.63) is 24.3 Å². The fraction of sp³-hybridized carbons (Fsp3) is 0.889. The smallest absolute Gasteiger partial charge is 0.472 e. The van der Waals surface area contributed by atoms with Crippen LogP contribution in [-0.2, 0) is 32.7 Å². The number of phosphoric ester groups is 1. The van der Waals surface area contributed by atoms with Gasteiger partial charge in [-0.2, -0.15) is 0 Å². The average molecular weight is 942 g/mol. The summed E-state index contributed by atoms with van der Waals surface area (Å²) < 4.78 is 33.6. The zero-order valence-electron chi connectivity index (χ0n) is 42.4. The maximum absolute atomic E-state index is 12.7. The number of carbonyl (C=O) groups excluding carboxylic acids is 1. The summed E-state index contributed by atoms with van der Waals surface area (Å²) in [5.41, 5.74) is 5.38. The van der Waals surface area contributed by atoms with Gasteiger partial charge < -0.3 is 25.2 Å². The minimum Gasteiger partial charge on any atom is -0.480 e. The Labute approximate surface area is 400 Å². The highest BCUT2D eigenvalue weighted by Crippen LogP contribution is 2.43. The lowest BCUT2D eigenvalue weighted by atomic mass is 10.0. The van der Waals surface area contributed by atoms with Gasteiger partial charge in [-0.15, -0.1) is 0 Å². The van der Waals surface area contributed by atoms with E-state index < -0.39 is 45.1 Å².